The van der Waals surface area contributed by atoms with Gasteiger partial charge in [0.1, 0.15) is 0 Å². The standard InChI is InChI=1S/C14H18ClN3/c1-16-14(11-3-5-12(15)6-4-11)8-7-13-9-10-17-18(13)2/h3-6,9-10,14,16H,7-8H2,1-2H3. The molecule has 0 aliphatic carbocycles. The highest BCUT2D eigenvalue weighted by Crippen LogP contribution is 2.20. The Bertz CT molecular complexity index is 490. The number of nitrogens with one attached hydrogen (secondary N) is 1. The molecule has 0 fully saturated rings. The van der Waals surface area contributed by atoms with E-state index in [9.17, 15) is 0 Å². The Morgan fingerprint density at radius 2 is 2.00 bits per heavy atom. The van der Waals surface area contributed by atoms with Crippen molar-refractivity contribution in [2.24, 2.45) is 7.05 Å². The van der Waals surface area contributed by atoms with Crippen molar-refractivity contribution >= 4 is 11.6 Å². The molecule has 4 heteroatoms. The summed E-state index contributed by atoms with van der Waals surface area (Å²) in [6.07, 6.45) is 3.88. The third kappa shape index (κ3) is 3.12. The Morgan fingerprint density at radius 1 is 1.28 bits per heavy atom. The summed E-state index contributed by atoms with van der Waals surface area (Å²) in [7, 11) is 3.97. The fourth-order valence-corrected chi connectivity index (χ4v) is 2.24. The molecular formula is C14H18ClN3. The number of aromatic nitrogens is 2. The maximum absolute atomic E-state index is 5.91. The number of aryl methyl sites for hydroxylation is 2. The molecule has 0 saturated heterocycles. The monoisotopic (exact) mass is 263 g/mol. The average Bonchev–Trinajstić information content (AvgIpc) is 2.78. The lowest BCUT2D eigenvalue weighted by Crippen LogP contribution is -2.17. The van der Waals surface area contributed by atoms with E-state index in [-0.39, 0.29) is 0 Å². The Morgan fingerprint density at radius 3 is 2.56 bits per heavy atom. The number of hydrogen-bond acceptors (Lipinski definition) is 2. The molecule has 96 valence electrons. The van der Waals surface area contributed by atoms with Crippen molar-refractivity contribution in [1.29, 1.82) is 0 Å². The smallest absolute Gasteiger partial charge is 0.0492 e. The molecule has 0 saturated carbocycles. The highest BCUT2D eigenvalue weighted by atomic mass is 35.5. The van der Waals surface area contributed by atoms with Gasteiger partial charge in [-0.15, -0.1) is 0 Å². The van der Waals surface area contributed by atoms with Gasteiger partial charge in [0.2, 0.25) is 0 Å². The first-order chi connectivity index (χ1) is 8.70. The molecule has 1 aromatic carbocycles. The van der Waals surface area contributed by atoms with Gasteiger partial charge in [-0.25, -0.2) is 0 Å². The van der Waals surface area contributed by atoms with Gasteiger partial charge >= 0.3 is 0 Å². The van der Waals surface area contributed by atoms with Crippen LogP contribution in [0.2, 0.25) is 5.02 Å². The van der Waals surface area contributed by atoms with E-state index in [1.165, 1.54) is 11.3 Å². The number of hydrogen-bond donors (Lipinski definition) is 1. The van der Waals surface area contributed by atoms with Crippen molar-refractivity contribution in [2.45, 2.75) is 18.9 Å². The first-order valence-electron chi connectivity index (χ1n) is 6.10. The topological polar surface area (TPSA) is 29.9 Å². The molecule has 0 aliphatic heterocycles. The third-order valence-corrected chi connectivity index (χ3v) is 3.48. The SMILES string of the molecule is CNC(CCc1ccnn1C)c1ccc(Cl)cc1. The molecule has 0 spiro atoms. The maximum Gasteiger partial charge on any atom is 0.0492 e. The summed E-state index contributed by atoms with van der Waals surface area (Å²) < 4.78 is 1.93. The van der Waals surface area contributed by atoms with Gasteiger partial charge in [-0.05, 0) is 43.7 Å². The second-order valence-electron chi connectivity index (χ2n) is 4.38. The summed E-state index contributed by atoms with van der Waals surface area (Å²) in [5.74, 6) is 0. The molecule has 0 aliphatic rings. The van der Waals surface area contributed by atoms with E-state index in [0.29, 0.717) is 6.04 Å². The van der Waals surface area contributed by atoms with E-state index < -0.39 is 0 Å². The van der Waals surface area contributed by atoms with Crippen molar-refractivity contribution in [3.05, 3.63) is 52.8 Å². The Hall–Kier alpha value is -1.32. The van der Waals surface area contributed by atoms with Crippen molar-refractivity contribution in [2.75, 3.05) is 7.05 Å². The van der Waals surface area contributed by atoms with Crippen LogP contribution in [0.1, 0.15) is 23.7 Å². The zero-order valence-corrected chi connectivity index (χ0v) is 11.5. The van der Waals surface area contributed by atoms with Gasteiger partial charge in [0, 0.05) is 30.0 Å². The van der Waals surface area contributed by atoms with E-state index in [1.807, 2.05) is 37.1 Å². The number of rotatable bonds is 5. The van der Waals surface area contributed by atoms with Crippen LogP contribution >= 0.6 is 11.6 Å². The summed E-state index contributed by atoms with van der Waals surface area (Å²) >= 11 is 5.91. The van der Waals surface area contributed by atoms with Gasteiger partial charge in [-0.1, -0.05) is 23.7 Å². The zero-order valence-electron chi connectivity index (χ0n) is 10.7. The van der Waals surface area contributed by atoms with Crippen molar-refractivity contribution in [1.82, 2.24) is 15.1 Å². The molecule has 18 heavy (non-hydrogen) atoms. The highest BCUT2D eigenvalue weighted by molar-refractivity contribution is 6.30. The zero-order chi connectivity index (χ0) is 13.0. The molecule has 2 rings (SSSR count). The van der Waals surface area contributed by atoms with Crippen LogP contribution in [-0.4, -0.2) is 16.8 Å². The number of benzene rings is 1. The largest absolute Gasteiger partial charge is 0.313 e. The van der Waals surface area contributed by atoms with Crippen molar-refractivity contribution < 1.29 is 0 Å². The molecule has 0 radical (unpaired) electrons. The summed E-state index contributed by atoms with van der Waals surface area (Å²) in [5, 5.41) is 8.31. The first-order valence-corrected chi connectivity index (χ1v) is 6.48. The van der Waals surface area contributed by atoms with Crippen LogP contribution in [0.15, 0.2) is 36.5 Å². The molecule has 2 aromatic rings. The van der Waals surface area contributed by atoms with Gasteiger partial charge in [0.25, 0.3) is 0 Å². The van der Waals surface area contributed by atoms with Crippen LogP contribution in [0.25, 0.3) is 0 Å². The van der Waals surface area contributed by atoms with Crippen LogP contribution in [0.4, 0.5) is 0 Å². The molecule has 1 atom stereocenters. The highest BCUT2D eigenvalue weighted by Gasteiger charge is 2.10. The van der Waals surface area contributed by atoms with Crippen LogP contribution in [0.5, 0.6) is 0 Å². The van der Waals surface area contributed by atoms with E-state index in [4.69, 9.17) is 11.6 Å². The fraction of sp³-hybridized carbons (Fsp3) is 0.357. The molecule has 1 heterocycles. The second-order valence-corrected chi connectivity index (χ2v) is 4.81. The Kier molecular flexibility index (Phi) is 4.39. The van der Waals surface area contributed by atoms with Gasteiger partial charge < -0.3 is 5.32 Å². The van der Waals surface area contributed by atoms with Crippen LogP contribution in [0.3, 0.4) is 0 Å². The van der Waals surface area contributed by atoms with Crippen molar-refractivity contribution in [3.8, 4) is 0 Å². The van der Waals surface area contributed by atoms with E-state index in [2.05, 4.69) is 28.6 Å². The molecule has 1 N–H and O–H groups in total. The first kappa shape index (κ1) is 13.1. The number of halogens is 1. The molecule has 3 nitrogen and oxygen atoms in total. The van der Waals surface area contributed by atoms with Crippen molar-refractivity contribution in [3.63, 3.8) is 0 Å². The minimum absolute atomic E-state index is 0.345. The minimum Gasteiger partial charge on any atom is -0.313 e. The van der Waals surface area contributed by atoms with Gasteiger partial charge in [-0.2, -0.15) is 5.10 Å². The fourth-order valence-electron chi connectivity index (χ4n) is 2.11. The average molecular weight is 264 g/mol. The van der Waals surface area contributed by atoms with Crippen LogP contribution in [-0.2, 0) is 13.5 Å². The Labute approximate surface area is 113 Å². The third-order valence-electron chi connectivity index (χ3n) is 3.23. The molecule has 1 aromatic heterocycles. The van der Waals surface area contributed by atoms with Gasteiger partial charge in [0.05, 0.1) is 0 Å². The summed E-state index contributed by atoms with van der Waals surface area (Å²) in [6.45, 7) is 0. The molecule has 0 bridgehead atoms. The quantitative estimate of drug-likeness (QED) is 0.899. The molecule has 1 unspecified atom stereocenters. The van der Waals surface area contributed by atoms with Crippen LogP contribution in [0, 0.1) is 0 Å². The summed E-state index contributed by atoms with van der Waals surface area (Å²) in [4.78, 5) is 0. The molecule has 0 amide bonds. The maximum atomic E-state index is 5.91. The second kappa shape index (κ2) is 6.03. The summed E-state index contributed by atoms with van der Waals surface area (Å²) in [6, 6.07) is 10.4. The van der Waals surface area contributed by atoms with E-state index in [0.717, 1.165) is 17.9 Å². The summed E-state index contributed by atoms with van der Waals surface area (Å²) in [5.41, 5.74) is 2.52. The number of nitrogens with zero attached hydrogens (tertiary/aromatic N) is 2. The van der Waals surface area contributed by atoms with E-state index in [1.54, 1.807) is 0 Å². The predicted octanol–water partition coefficient (Wildman–Crippen LogP) is 2.97. The predicted molar refractivity (Wildman–Crippen MR) is 74.8 cm³/mol. The van der Waals surface area contributed by atoms with Gasteiger partial charge in [0.15, 0.2) is 0 Å². The van der Waals surface area contributed by atoms with Crippen LogP contribution < -0.4 is 5.32 Å². The lowest BCUT2D eigenvalue weighted by molar-refractivity contribution is 0.536. The van der Waals surface area contributed by atoms with Gasteiger partial charge in [-0.3, -0.25) is 4.68 Å². The lowest BCUT2D eigenvalue weighted by atomic mass is 10.0. The normalized spacial score (nSPS) is 12.6. The lowest BCUT2D eigenvalue weighted by Gasteiger charge is -2.16. The Balaban J connectivity index is 2.01. The van der Waals surface area contributed by atoms with E-state index >= 15 is 0 Å². The minimum atomic E-state index is 0.345. The molecular weight excluding hydrogens is 246 g/mol.